The van der Waals surface area contributed by atoms with Crippen LogP contribution < -0.4 is 15.2 Å². The number of rotatable bonds is 8. The van der Waals surface area contributed by atoms with Gasteiger partial charge in [0.1, 0.15) is 23.8 Å². The highest BCUT2D eigenvalue weighted by Crippen LogP contribution is 2.23. The zero-order valence-electron chi connectivity index (χ0n) is 13.1. The Bertz CT molecular complexity index is 681. The van der Waals surface area contributed by atoms with Gasteiger partial charge < -0.3 is 29.6 Å². The van der Waals surface area contributed by atoms with Gasteiger partial charge in [-0.15, -0.1) is 0 Å². The normalized spacial score (nSPS) is 10.5. The minimum absolute atomic E-state index is 0.228. The average molecular weight is 320 g/mol. The number of hydrogen-bond donors (Lipinski definition) is 2. The van der Waals surface area contributed by atoms with Crippen LogP contribution in [0.4, 0.5) is 5.69 Å². The molecule has 7 heteroatoms. The van der Waals surface area contributed by atoms with Crippen LogP contribution in [0.5, 0.6) is 11.5 Å². The number of nitrogens with two attached hydrogens (primary N) is 1. The molecule has 0 radical (unpaired) electrons. The quantitative estimate of drug-likeness (QED) is 0.570. The number of nitrogen functional groups attached to an aromatic ring is 1. The van der Waals surface area contributed by atoms with Crippen molar-refractivity contribution in [1.82, 2.24) is 4.57 Å². The Labute approximate surface area is 134 Å². The first-order chi connectivity index (χ1) is 11.0. The summed E-state index contributed by atoms with van der Waals surface area (Å²) in [5.74, 6) is 0.279. The Balaban J connectivity index is 1.78. The van der Waals surface area contributed by atoms with Crippen LogP contribution in [-0.4, -0.2) is 36.0 Å². The van der Waals surface area contributed by atoms with Crippen LogP contribution in [0.2, 0.25) is 0 Å². The standard InChI is InChI=1S/C16H20N2O5/c1-18-12(3-4-15(18)16(19)20)10-22-5-6-23-14-8-11(17)7-13(9-14)21-2/h3-4,7-9H,5-6,10,17H2,1-2H3,(H,19,20). The van der Waals surface area contributed by atoms with Gasteiger partial charge in [-0.3, -0.25) is 0 Å². The van der Waals surface area contributed by atoms with Gasteiger partial charge >= 0.3 is 5.97 Å². The summed E-state index contributed by atoms with van der Waals surface area (Å²) >= 11 is 0. The van der Waals surface area contributed by atoms with Gasteiger partial charge in [0.25, 0.3) is 0 Å². The molecule has 3 N–H and O–H groups in total. The Morgan fingerprint density at radius 2 is 1.96 bits per heavy atom. The largest absolute Gasteiger partial charge is 0.497 e. The van der Waals surface area contributed by atoms with Crippen molar-refractivity contribution in [3.8, 4) is 11.5 Å². The van der Waals surface area contributed by atoms with Crippen LogP contribution in [0.15, 0.2) is 30.3 Å². The van der Waals surface area contributed by atoms with Gasteiger partial charge in [-0.25, -0.2) is 4.79 Å². The van der Waals surface area contributed by atoms with Crippen LogP contribution in [-0.2, 0) is 18.4 Å². The lowest BCUT2D eigenvalue weighted by Gasteiger charge is -2.10. The summed E-state index contributed by atoms with van der Waals surface area (Å²) in [5, 5.41) is 8.98. The van der Waals surface area contributed by atoms with Crippen molar-refractivity contribution in [1.29, 1.82) is 0 Å². The second-order valence-corrected chi connectivity index (χ2v) is 4.92. The first-order valence-electron chi connectivity index (χ1n) is 7.04. The van der Waals surface area contributed by atoms with E-state index in [4.69, 9.17) is 25.1 Å². The van der Waals surface area contributed by atoms with Crippen molar-refractivity contribution in [2.24, 2.45) is 7.05 Å². The molecule has 0 amide bonds. The van der Waals surface area contributed by atoms with Crippen molar-refractivity contribution in [2.45, 2.75) is 6.61 Å². The van der Waals surface area contributed by atoms with E-state index >= 15 is 0 Å². The van der Waals surface area contributed by atoms with E-state index in [1.165, 1.54) is 0 Å². The van der Waals surface area contributed by atoms with Crippen molar-refractivity contribution in [3.63, 3.8) is 0 Å². The molecule has 2 aromatic rings. The lowest BCUT2D eigenvalue weighted by Crippen LogP contribution is -2.10. The molecule has 1 aromatic heterocycles. The predicted octanol–water partition coefficient (Wildman–Crippen LogP) is 1.91. The topological polar surface area (TPSA) is 95.9 Å². The Morgan fingerprint density at radius 3 is 2.61 bits per heavy atom. The number of methoxy groups -OCH3 is 1. The number of ether oxygens (including phenoxy) is 3. The van der Waals surface area contributed by atoms with Gasteiger partial charge in [0.05, 0.1) is 20.3 Å². The van der Waals surface area contributed by atoms with Gasteiger partial charge in [0, 0.05) is 36.6 Å². The van der Waals surface area contributed by atoms with Crippen LogP contribution in [0, 0.1) is 0 Å². The van der Waals surface area contributed by atoms with Gasteiger partial charge in [0.15, 0.2) is 0 Å². The third kappa shape index (κ3) is 4.40. The SMILES string of the molecule is COc1cc(N)cc(OCCOCc2ccc(C(=O)O)n2C)c1. The smallest absolute Gasteiger partial charge is 0.352 e. The molecule has 0 aliphatic heterocycles. The second-order valence-electron chi connectivity index (χ2n) is 4.92. The average Bonchev–Trinajstić information content (AvgIpc) is 2.87. The molecule has 0 spiro atoms. The highest BCUT2D eigenvalue weighted by molar-refractivity contribution is 5.86. The molecule has 0 fully saturated rings. The van der Waals surface area contributed by atoms with E-state index in [-0.39, 0.29) is 5.69 Å². The van der Waals surface area contributed by atoms with E-state index in [9.17, 15) is 4.79 Å². The molecular formula is C16H20N2O5. The first-order valence-corrected chi connectivity index (χ1v) is 7.04. The van der Waals surface area contributed by atoms with E-state index < -0.39 is 5.97 Å². The van der Waals surface area contributed by atoms with Crippen LogP contribution in [0.1, 0.15) is 16.2 Å². The van der Waals surface area contributed by atoms with Gasteiger partial charge in [-0.2, -0.15) is 0 Å². The molecule has 0 atom stereocenters. The summed E-state index contributed by atoms with van der Waals surface area (Å²) in [6.45, 7) is 1.03. The molecule has 1 heterocycles. The summed E-state index contributed by atoms with van der Waals surface area (Å²) in [6, 6.07) is 8.44. The van der Waals surface area contributed by atoms with E-state index in [1.807, 2.05) is 0 Å². The summed E-state index contributed by atoms with van der Waals surface area (Å²) in [5.41, 5.74) is 7.32. The number of carbonyl (C=O) groups is 1. The van der Waals surface area contributed by atoms with Crippen molar-refractivity contribution in [2.75, 3.05) is 26.1 Å². The molecule has 0 saturated carbocycles. The number of hydrogen-bond acceptors (Lipinski definition) is 5. The van der Waals surface area contributed by atoms with Crippen molar-refractivity contribution < 1.29 is 24.1 Å². The molecule has 7 nitrogen and oxygen atoms in total. The first kappa shape index (κ1) is 16.7. The van der Waals surface area contributed by atoms with E-state index in [0.29, 0.717) is 37.0 Å². The highest BCUT2D eigenvalue weighted by atomic mass is 16.5. The second kappa shape index (κ2) is 7.55. The molecule has 0 saturated heterocycles. The number of aromatic nitrogens is 1. The van der Waals surface area contributed by atoms with Gasteiger partial charge in [-0.1, -0.05) is 0 Å². The maximum atomic E-state index is 10.9. The molecule has 0 aliphatic rings. The van der Waals surface area contributed by atoms with Crippen molar-refractivity contribution in [3.05, 3.63) is 41.7 Å². The fraction of sp³-hybridized carbons (Fsp3) is 0.312. The molecule has 2 rings (SSSR count). The lowest BCUT2D eigenvalue weighted by atomic mass is 10.3. The number of aromatic carboxylic acids is 1. The summed E-state index contributed by atoms with van der Waals surface area (Å²) in [6.07, 6.45) is 0. The van der Waals surface area contributed by atoms with Gasteiger partial charge in [-0.05, 0) is 12.1 Å². The molecule has 0 aliphatic carbocycles. The van der Waals surface area contributed by atoms with Gasteiger partial charge in [0.2, 0.25) is 0 Å². The summed E-state index contributed by atoms with van der Waals surface area (Å²) < 4.78 is 17.8. The predicted molar refractivity (Wildman–Crippen MR) is 84.9 cm³/mol. The molecule has 0 bridgehead atoms. The molecule has 23 heavy (non-hydrogen) atoms. The van der Waals surface area contributed by atoms with Crippen LogP contribution in [0.25, 0.3) is 0 Å². The van der Waals surface area contributed by atoms with Crippen LogP contribution >= 0.6 is 0 Å². The molecular weight excluding hydrogens is 300 g/mol. The summed E-state index contributed by atoms with van der Waals surface area (Å²) in [7, 11) is 3.25. The monoisotopic (exact) mass is 320 g/mol. The Kier molecular flexibility index (Phi) is 5.48. The molecule has 0 unspecified atom stereocenters. The van der Waals surface area contributed by atoms with Crippen molar-refractivity contribution >= 4 is 11.7 Å². The summed E-state index contributed by atoms with van der Waals surface area (Å²) in [4.78, 5) is 10.9. The van der Waals surface area contributed by atoms with Crippen LogP contribution in [0.3, 0.4) is 0 Å². The maximum Gasteiger partial charge on any atom is 0.352 e. The number of carboxylic acid groups (broad SMARTS) is 1. The zero-order chi connectivity index (χ0) is 16.8. The fourth-order valence-corrected chi connectivity index (χ4v) is 2.10. The Hall–Kier alpha value is -2.67. The number of nitrogens with zero attached hydrogens (tertiary/aromatic N) is 1. The fourth-order valence-electron chi connectivity index (χ4n) is 2.10. The third-order valence-electron chi connectivity index (χ3n) is 3.33. The van der Waals surface area contributed by atoms with E-state index in [1.54, 1.807) is 49.1 Å². The maximum absolute atomic E-state index is 10.9. The molecule has 1 aromatic carbocycles. The van der Waals surface area contributed by atoms with E-state index in [2.05, 4.69) is 0 Å². The minimum Gasteiger partial charge on any atom is -0.497 e. The number of benzene rings is 1. The number of anilines is 1. The third-order valence-corrected chi connectivity index (χ3v) is 3.33. The Morgan fingerprint density at radius 1 is 1.22 bits per heavy atom. The lowest BCUT2D eigenvalue weighted by molar-refractivity contribution is 0.0681. The minimum atomic E-state index is -0.960. The highest BCUT2D eigenvalue weighted by Gasteiger charge is 2.10. The molecule has 124 valence electrons. The zero-order valence-corrected chi connectivity index (χ0v) is 13.1. The van der Waals surface area contributed by atoms with E-state index in [0.717, 1.165) is 5.69 Å². The number of carboxylic acids is 1.